The van der Waals surface area contributed by atoms with Gasteiger partial charge in [0.05, 0.1) is 11.5 Å². The van der Waals surface area contributed by atoms with Crippen molar-refractivity contribution in [3.63, 3.8) is 0 Å². The standard InChI is InChI=1S/C21H19N3O5/c1-3-10-29-19-9-8-15(12-20(19)28-4-2)11-16(14-22)21(25)23-17-6-5-7-18(13-17)24(26)27/h3,5-9,11-13H,1,4,10H2,2H3,(H,23,25)/b16-11-. The molecule has 1 amide bonds. The second-order valence-electron chi connectivity index (χ2n) is 5.67. The normalized spacial score (nSPS) is 10.6. The number of nitriles is 1. The van der Waals surface area contributed by atoms with Gasteiger partial charge in [-0.05, 0) is 36.8 Å². The van der Waals surface area contributed by atoms with E-state index in [9.17, 15) is 20.2 Å². The maximum Gasteiger partial charge on any atom is 0.271 e. The topological polar surface area (TPSA) is 114 Å². The Kier molecular flexibility index (Phi) is 7.51. The number of carbonyl (C=O) groups excluding carboxylic acids is 1. The van der Waals surface area contributed by atoms with Gasteiger partial charge in [0.25, 0.3) is 11.6 Å². The summed E-state index contributed by atoms with van der Waals surface area (Å²) in [7, 11) is 0. The van der Waals surface area contributed by atoms with Gasteiger partial charge < -0.3 is 14.8 Å². The quantitative estimate of drug-likeness (QED) is 0.225. The molecule has 0 fully saturated rings. The summed E-state index contributed by atoms with van der Waals surface area (Å²) in [6.45, 7) is 6.14. The van der Waals surface area contributed by atoms with Crippen LogP contribution in [0.1, 0.15) is 12.5 Å². The van der Waals surface area contributed by atoms with Crippen molar-refractivity contribution in [3.8, 4) is 17.6 Å². The highest BCUT2D eigenvalue weighted by Crippen LogP contribution is 2.29. The molecular formula is C21H19N3O5. The number of nitro groups is 1. The molecule has 0 saturated carbocycles. The molecule has 0 spiro atoms. The Balaban J connectivity index is 2.26. The maximum absolute atomic E-state index is 12.4. The maximum atomic E-state index is 12.4. The van der Waals surface area contributed by atoms with Gasteiger partial charge in [0.15, 0.2) is 11.5 Å². The number of nitrogens with one attached hydrogen (secondary N) is 1. The number of rotatable bonds is 9. The minimum absolute atomic E-state index is 0.165. The lowest BCUT2D eigenvalue weighted by Gasteiger charge is -2.11. The van der Waals surface area contributed by atoms with Gasteiger partial charge in [0.1, 0.15) is 18.2 Å². The number of hydrogen-bond acceptors (Lipinski definition) is 6. The van der Waals surface area contributed by atoms with Crippen molar-refractivity contribution in [2.24, 2.45) is 0 Å². The van der Waals surface area contributed by atoms with Crippen LogP contribution in [0.15, 0.2) is 60.7 Å². The smallest absolute Gasteiger partial charge is 0.271 e. The number of benzene rings is 2. The van der Waals surface area contributed by atoms with Crippen molar-refractivity contribution in [2.75, 3.05) is 18.5 Å². The highest BCUT2D eigenvalue weighted by atomic mass is 16.6. The fourth-order valence-electron chi connectivity index (χ4n) is 2.36. The summed E-state index contributed by atoms with van der Waals surface area (Å²) in [4.78, 5) is 22.7. The first-order valence-electron chi connectivity index (χ1n) is 8.66. The van der Waals surface area contributed by atoms with Crippen molar-refractivity contribution < 1.29 is 19.2 Å². The fourth-order valence-corrected chi connectivity index (χ4v) is 2.36. The molecule has 0 bridgehead atoms. The second-order valence-corrected chi connectivity index (χ2v) is 5.67. The Labute approximate surface area is 167 Å². The van der Waals surface area contributed by atoms with Gasteiger partial charge >= 0.3 is 0 Å². The minimum Gasteiger partial charge on any atom is -0.490 e. The summed E-state index contributed by atoms with van der Waals surface area (Å²) >= 11 is 0. The monoisotopic (exact) mass is 393 g/mol. The predicted octanol–water partition coefficient (Wildman–Crippen LogP) is 4.10. The SMILES string of the molecule is C=CCOc1ccc(/C=C(/C#N)C(=O)Nc2cccc([N+](=O)[O-])c2)cc1OCC. The molecule has 0 aliphatic carbocycles. The molecule has 8 nitrogen and oxygen atoms in total. The van der Waals surface area contributed by atoms with Crippen LogP contribution in [0.3, 0.4) is 0 Å². The molecule has 0 saturated heterocycles. The highest BCUT2D eigenvalue weighted by Gasteiger charge is 2.13. The van der Waals surface area contributed by atoms with Gasteiger partial charge in [-0.3, -0.25) is 14.9 Å². The second kappa shape index (κ2) is 10.3. The van der Waals surface area contributed by atoms with Crippen LogP contribution in [0.25, 0.3) is 6.08 Å². The zero-order valence-electron chi connectivity index (χ0n) is 15.8. The molecule has 1 N–H and O–H groups in total. The van der Waals surface area contributed by atoms with E-state index in [1.807, 2.05) is 13.0 Å². The minimum atomic E-state index is -0.682. The molecular weight excluding hydrogens is 374 g/mol. The van der Waals surface area contributed by atoms with Crippen molar-refractivity contribution >= 4 is 23.4 Å². The fraction of sp³-hybridized carbons (Fsp3) is 0.143. The Hall–Kier alpha value is -4.12. The summed E-state index contributed by atoms with van der Waals surface area (Å²) in [5.74, 6) is 0.306. The van der Waals surface area contributed by atoms with Gasteiger partial charge in [-0.1, -0.05) is 24.8 Å². The highest BCUT2D eigenvalue weighted by molar-refractivity contribution is 6.09. The number of hydrogen-bond donors (Lipinski definition) is 1. The van der Waals surface area contributed by atoms with E-state index in [0.717, 1.165) is 0 Å². The van der Waals surface area contributed by atoms with E-state index in [1.165, 1.54) is 30.3 Å². The predicted molar refractivity (Wildman–Crippen MR) is 109 cm³/mol. The molecule has 148 valence electrons. The molecule has 0 radical (unpaired) electrons. The summed E-state index contributed by atoms with van der Waals surface area (Å²) < 4.78 is 11.1. The molecule has 0 aromatic heterocycles. The van der Waals surface area contributed by atoms with E-state index in [0.29, 0.717) is 30.3 Å². The number of nitro benzene ring substituents is 1. The van der Waals surface area contributed by atoms with Crippen molar-refractivity contribution in [3.05, 3.63) is 76.4 Å². The summed E-state index contributed by atoms with van der Waals surface area (Å²) in [6.07, 6.45) is 3.00. The molecule has 29 heavy (non-hydrogen) atoms. The van der Waals surface area contributed by atoms with E-state index >= 15 is 0 Å². The Morgan fingerprint density at radius 1 is 1.28 bits per heavy atom. The summed E-state index contributed by atoms with van der Waals surface area (Å²) in [5.41, 5.74) is 0.444. The van der Waals surface area contributed by atoms with Crippen LogP contribution in [0, 0.1) is 21.4 Å². The van der Waals surface area contributed by atoms with Crippen LogP contribution in [0.4, 0.5) is 11.4 Å². The van der Waals surface area contributed by atoms with Gasteiger partial charge in [-0.15, -0.1) is 0 Å². The number of amides is 1. The van der Waals surface area contributed by atoms with Crippen molar-refractivity contribution in [1.82, 2.24) is 0 Å². The average molecular weight is 393 g/mol. The third-order valence-corrected chi connectivity index (χ3v) is 3.62. The van der Waals surface area contributed by atoms with Gasteiger partial charge in [0, 0.05) is 17.8 Å². The summed E-state index contributed by atoms with van der Waals surface area (Å²) in [6, 6.07) is 12.3. The number of non-ortho nitro benzene ring substituents is 1. The lowest BCUT2D eigenvalue weighted by molar-refractivity contribution is -0.384. The van der Waals surface area contributed by atoms with Gasteiger partial charge in [-0.25, -0.2) is 0 Å². The van der Waals surface area contributed by atoms with Gasteiger partial charge in [0.2, 0.25) is 0 Å². The molecule has 0 heterocycles. The number of nitrogens with zero attached hydrogens (tertiary/aromatic N) is 2. The molecule has 0 atom stereocenters. The first-order chi connectivity index (χ1) is 14.0. The zero-order valence-corrected chi connectivity index (χ0v) is 15.8. The van der Waals surface area contributed by atoms with E-state index in [-0.39, 0.29) is 16.9 Å². The van der Waals surface area contributed by atoms with E-state index in [1.54, 1.807) is 24.3 Å². The number of carbonyl (C=O) groups is 1. The Bertz CT molecular complexity index is 992. The molecule has 2 aromatic carbocycles. The van der Waals surface area contributed by atoms with Crippen LogP contribution >= 0.6 is 0 Å². The average Bonchev–Trinajstić information content (AvgIpc) is 2.71. The lowest BCUT2D eigenvalue weighted by Crippen LogP contribution is -2.13. The first kappa shape index (κ1) is 21.2. The third-order valence-electron chi connectivity index (χ3n) is 3.62. The van der Waals surface area contributed by atoms with Crippen LogP contribution in [-0.4, -0.2) is 24.0 Å². The Morgan fingerprint density at radius 3 is 2.72 bits per heavy atom. The molecule has 0 aliphatic heterocycles. The van der Waals surface area contributed by atoms with Crippen molar-refractivity contribution in [2.45, 2.75) is 6.92 Å². The molecule has 0 unspecified atom stereocenters. The van der Waals surface area contributed by atoms with E-state index in [4.69, 9.17) is 9.47 Å². The Morgan fingerprint density at radius 2 is 2.07 bits per heavy atom. The lowest BCUT2D eigenvalue weighted by atomic mass is 10.1. The molecule has 2 rings (SSSR count). The van der Waals surface area contributed by atoms with E-state index < -0.39 is 10.8 Å². The molecule has 2 aromatic rings. The van der Waals surface area contributed by atoms with Crippen LogP contribution in [0.2, 0.25) is 0 Å². The zero-order chi connectivity index (χ0) is 21.2. The van der Waals surface area contributed by atoms with Gasteiger partial charge in [-0.2, -0.15) is 5.26 Å². The van der Waals surface area contributed by atoms with Crippen LogP contribution in [-0.2, 0) is 4.79 Å². The van der Waals surface area contributed by atoms with Crippen LogP contribution in [0.5, 0.6) is 11.5 Å². The largest absolute Gasteiger partial charge is 0.490 e. The third kappa shape index (κ3) is 5.94. The molecule has 0 aliphatic rings. The van der Waals surface area contributed by atoms with E-state index in [2.05, 4.69) is 11.9 Å². The first-order valence-corrected chi connectivity index (χ1v) is 8.66. The number of anilines is 1. The molecule has 8 heteroatoms. The summed E-state index contributed by atoms with van der Waals surface area (Å²) in [5, 5.41) is 22.7. The number of ether oxygens (including phenoxy) is 2. The van der Waals surface area contributed by atoms with Crippen LogP contribution < -0.4 is 14.8 Å². The van der Waals surface area contributed by atoms with Crippen molar-refractivity contribution in [1.29, 1.82) is 5.26 Å².